The summed E-state index contributed by atoms with van der Waals surface area (Å²) in [5, 5.41) is 6.26. The molecule has 0 aliphatic rings. The summed E-state index contributed by atoms with van der Waals surface area (Å²) in [5.74, 6) is 0.627. The van der Waals surface area contributed by atoms with Gasteiger partial charge in [-0.3, -0.25) is 4.99 Å². The van der Waals surface area contributed by atoms with E-state index < -0.39 is 0 Å². The number of halogens is 1. The molecular formula is C13H20FN3. The zero-order valence-corrected chi connectivity index (χ0v) is 10.5. The molecule has 2 N–H and O–H groups in total. The van der Waals surface area contributed by atoms with Gasteiger partial charge in [0.05, 0.1) is 0 Å². The summed E-state index contributed by atoms with van der Waals surface area (Å²) in [7, 11) is 0. The quantitative estimate of drug-likeness (QED) is 0.606. The van der Waals surface area contributed by atoms with Crippen LogP contribution in [0.15, 0.2) is 29.3 Å². The molecule has 0 heterocycles. The molecule has 17 heavy (non-hydrogen) atoms. The number of guanidine groups is 1. The lowest BCUT2D eigenvalue weighted by Gasteiger charge is -2.09. The van der Waals surface area contributed by atoms with Crippen molar-refractivity contribution in [2.24, 2.45) is 4.99 Å². The van der Waals surface area contributed by atoms with Gasteiger partial charge in [0.15, 0.2) is 5.96 Å². The molecule has 0 aliphatic heterocycles. The molecule has 3 nitrogen and oxygen atoms in total. The maximum absolute atomic E-state index is 13.3. The van der Waals surface area contributed by atoms with Crippen molar-refractivity contribution in [3.8, 4) is 0 Å². The number of aliphatic imine (C=N–C) groups is 1. The number of nitrogens with one attached hydrogen (secondary N) is 2. The molecule has 0 aliphatic carbocycles. The molecule has 0 radical (unpaired) electrons. The van der Waals surface area contributed by atoms with Gasteiger partial charge in [0.25, 0.3) is 0 Å². The molecule has 0 saturated carbocycles. The average Bonchev–Trinajstić information content (AvgIpc) is 2.32. The fourth-order valence-electron chi connectivity index (χ4n) is 1.50. The standard InChI is InChI=1S/C13H20FN3/c1-3-15-13(16-4-2)17-10-9-11-7-5-6-8-12(11)14/h5-8H,3-4,9-10H2,1-2H3,(H2,15,16,17). The van der Waals surface area contributed by atoms with E-state index in [4.69, 9.17) is 0 Å². The second-order valence-corrected chi connectivity index (χ2v) is 3.63. The van der Waals surface area contributed by atoms with Crippen LogP contribution in [0.3, 0.4) is 0 Å². The Labute approximate surface area is 102 Å². The first-order chi connectivity index (χ1) is 8.27. The van der Waals surface area contributed by atoms with Gasteiger partial charge >= 0.3 is 0 Å². The van der Waals surface area contributed by atoms with Crippen LogP contribution in [0.25, 0.3) is 0 Å². The summed E-state index contributed by atoms with van der Waals surface area (Å²) in [6.45, 7) is 6.26. The van der Waals surface area contributed by atoms with Crippen LogP contribution in [0.4, 0.5) is 4.39 Å². The van der Waals surface area contributed by atoms with Crippen molar-refractivity contribution in [2.45, 2.75) is 20.3 Å². The highest BCUT2D eigenvalue weighted by Crippen LogP contribution is 2.06. The molecular weight excluding hydrogens is 217 g/mol. The molecule has 0 amide bonds. The first kappa shape index (κ1) is 13.5. The van der Waals surface area contributed by atoms with E-state index in [1.807, 2.05) is 19.9 Å². The smallest absolute Gasteiger partial charge is 0.191 e. The van der Waals surface area contributed by atoms with Crippen LogP contribution in [0.2, 0.25) is 0 Å². The van der Waals surface area contributed by atoms with Gasteiger partial charge in [-0.2, -0.15) is 0 Å². The van der Waals surface area contributed by atoms with Gasteiger partial charge in [-0.1, -0.05) is 18.2 Å². The monoisotopic (exact) mass is 237 g/mol. The SMILES string of the molecule is CCNC(=NCCc1ccccc1F)NCC. The Morgan fingerprint density at radius 2 is 1.82 bits per heavy atom. The van der Waals surface area contributed by atoms with Crippen molar-refractivity contribution in [1.29, 1.82) is 0 Å². The van der Waals surface area contributed by atoms with E-state index in [0.717, 1.165) is 19.0 Å². The van der Waals surface area contributed by atoms with Crippen molar-refractivity contribution < 1.29 is 4.39 Å². The molecule has 0 atom stereocenters. The largest absolute Gasteiger partial charge is 0.357 e. The van der Waals surface area contributed by atoms with Gasteiger partial charge < -0.3 is 10.6 Å². The third-order valence-electron chi connectivity index (χ3n) is 2.30. The normalized spacial score (nSPS) is 9.82. The zero-order chi connectivity index (χ0) is 12.5. The van der Waals surface area contributed by atoms with Crippen LogP contribution in [0.1, 0.15) is 19.4 Å². The molecule has 0 saturated heterocycles. The number of rotatable bonds is 5. The van der Waals surface area contributed by atoms with Gasteiger partial charge in [-0.25, -0.2) is 4.39 Å². The van der Waals surface area contributed by atoms with Gasteiger partial charge in [0.2, 0.25) is 0 Å². The summed E-state index contributed by atoms with van der Waals surface area (Å²) in [4.78, 5) is 4.37. The van der Waals surface area contributed by atoms with Crippen LogP contribution in [0, 0.1) is 5.82 Å². The molecule has 0 spiro atoms. The second-order valence-electron chi connectivity index (χ2n) is 3.63. The van der Waals surface area contributed by atoms with Crippen LogP contribution in [-0.2, 0) is 6.42 Å². The minimum atomic E-state index is -0.156. The first-order valence-electron chi connectivity index (χ1n) is 6.03. The molecule has 0 unspecified atom stereocenters. The van der Waals surface area contributed by atoms with E-state index in [1.54, 1.807) is 12.1 Å². The molecule has 4 heteroatoms. The van der Waals surface area contributed by atoms with E-state index in [1.165, 1.54) is 6.07 Å². The van der Waals surface area contributed by atoms with E-state index in [2.05, 4.69) is 15.6 Å². The predicted octanol–water partition coefficient (Wildman–Crippen LogP) is 1.94. The van der Waals surface area contributed by atoms with Crippen LogP contribution in [-0.4, -0.2) is 25.6 Å². The third kappa shape index (κ3) is 4.85. The topological polar surface area (TPSA) is 36.4 Å². The van der Waals surface area contributed by atoms with Crippen LogP contribution in [0.5, 0.6) is 0 Å². The van der Waals surface area contributed by atoms with Gasteiger partial charge in [-0.15, -0.1) is 0 Å². The summed E-state index contributed by atoms with van der Waals surface area (Å²) in [5.41, 5.74) is 0.712. The molecule has 1 aromatic carbocycles. The molecule has 94 valence electrons. The highest BCUT2D eigenvalue weighted by Gasteiger charge is 2.00. The fourth-order valence-corrected chi connectivity index (χ4v) is 1.50. The highest BCUT2D eigenvalue weighted by molar-refractivity contribution is 5.79. The molecule has 0 aromatic heterocycles. The highest BCUT2D eigenvalue weighted by atomic mass is 19.1. The maximum Gasteiger partial charge on any atom is 0.191 e. The number of hydrogen-bond donors (Lipinski definition) is 2. The summed E-state index contributed by atoms with van der Waals surface area (Å²) >= 11 is 0. The minimum absolute atomic E-state index is 0.156. The number of nitrogens with zero attached hydrogens (tertiary/aromatic N) is 1. The molecule has 0 fully saturated rings. The van der Waals surface area contributed by atoms with E-state index in [-0.39, 0.29) is 5.82 Å². The minimum Gasteiger partial charge on any atom is -0.357 e. The lowest BCUT2D eigenvalue weighted by molar-refractivity contribution is 0.609. The van der Waals surface area contributed by atoms with Crippen LogP contribution < -0.4 is 10.6 Å². The van der Waals surface area contributed by atoms with Crippen molar-refractivity contribution in [1.82, 2.24) is 10.6 Å². The van der Waals surface area contributed by atoms with Gasteiger partial charge in [-0.05, 0) is 31.9 Å². The molecule has 0 bridgehead atoms. The summed E-state index contributed by atoms with van der Waals surface area (Å²) in [6.07, 6.45) is 0.618. The Balaban J connectivity index is 2.49. The molecule has 1 rings (SSSR count). The van der Waals surface area contributed by atoms with E-state index in [9.17, 15) is 4.39 Å². The predicted molar refractivity (Wildman–Crippen MR) is 69.8 cm³/mol. The average molecular weight is 237 g/mol. The Bertz CT molecular complexity index is 355. The first-order valence-corrected chi connectivity index (χ1v) is 6.03. The van der Waals surface area contributed by atoms with Crippen molar-refractivity contribution in [2.75, 3.05) is 19.6 Å². The fraction of sp³-hybridized carbons (Fsp3) is 0.462. The zero-order valence-electron chi connectivity index (χ0n) is 10.5. The maximum atomic E-state index is 13.3. The lowest BCUT2D eigenvalue weighted by Crippen LogP contribution is -2.37. The lowest BCUT2D eigenvalue weighted by atomic mass is 10.1. The second kappa shape index (κ2) is 7.65. The Morgan fingerprint density at radius 1 is 1.18 bits per heavy atom. The van der Waals surface area contributed by atoms with E-state index in [0.29, 0.717) is 18.5 Å². The third-order valence-corrected chi connectivity index (χ3v) is 2.30. The summed E-state index contributed by atoms with van der Waals surface area (Å²) in [6, 6.07) is 6.82. The van der Waals surface area contributed by atoms with Gasteiger partial charge in [0.1, 0.15) is 5.82 Å². The molecule has 1 aromatic rings. The summed E-state index contributed by atoms with van der Waals surface area (Å²) < 4.78 is 13.3. The Hall–Kier alpha value is -1.58. The van der Waals surface area contributed by atoms with Gasteiger partial charge in [0, 0.05) is 19.6 Å². The van der Waals surface area contributed by atoms with Crippen molar-refractivity contribution in [3.63, 3.8) is 0 Å². The van der Waals surface area contributed by atoms with Crippen LogP contribution >= 0.6 is 0 Å². The Kier molecular flexibility index (Phi) is 6.07. The van der Waals surface area contributed by atoms with E-state index >= 15 is 0 Å². The van der Waals surface area contributed by atoms with Crippen molar-refractivity contribution in [3.05, 3.63) is 35.6 Å². The number of hydrogen-bond acceptors (Lipinski definition) is 1. The Morgan fingerprint density at radius 3 is 2.41 bits per heavy atom. The van der Waals surface area contributed by atoms with Crippen molar-refractivity contribution >= 4 is 5.96 Å². The number of benzene rings is 1.